The van der Waals surface area contributed by atoms with E-state index >= 15 is 0 Å². The molecule has 1 fully saturated rings. The first-order chi connectivity index (χ1) is 30.4. The van der Waals surface area contributed by atoms with Gasteiger partial charge in [0.2, 0.25) is 11.8 Å². The first-order valence-electron chi connectivity index (χ1n) is 21.5. The summed E-state index contributed by atoms with van der Waals surface area (Å²) in [7, 11) is -16.4. The Morgan fingerprint density at radius 1 is 0.923 bits per heavy atom. The Hall–Kier alpha value is -2.44. The number of nitrogens with two attached hydrogens (primary N) is 1. The van der Waals surface area contributed by atoms with E-state index in [1.807, 2.05) is 0 Å². The molecule has 3 heterocycles. The van der Waals surface area contributed by atoms with Crippen molar-refractivity contribution in [2.45, 2.75) is 142 Å². The van der Waals surface area contributed by atoms with E-state index in [1.165, 1.54) is 65.2 Å². The van der Waals surface area contributed by atoms with Crippen LogP contribution in [0.3, 0.4) is 0 Å². The Morgan fingerprint density at radius 2 is 1.57 bits per heavy atom. The molecule has 0 aliphatic carbocycles. The number of imidazole rings is 1. The van der Waals surface area contributed by atoms with Gasteiger partial charge in [0, 0.05) is 37.1 Å². The number of hydrogen-bond donors (Lipinski definition) is 9. The molecule has 1 aliphatic heterocycles. The molecule has 2 amide bonds. The maximum atomic E-state index is 12.7. The second-order valence-corrected chi connectivity index (χ2v) is 21.9. The quantitative estimate of drug-likeness (QED) is 0.0369. The highest BCUT2D eigenvalue weighted by atomic mass is 32.2. The van der Waals surface area contributed by atoms with E-state index in [9.17, 15) is 57.9 Å². The number of rotatable bonds is 32. The van der Waals surface area contributed by atoms with Crippen molar-refractivity contribution in [2.75, 3.05) is 37.8 Å². The van der Waals surface area contributed by atoms with Gasteiger partial charge in [0.05, 0.1) is 19.5 Å². The summed E-state index contributed by atoms with van der Waals surface area (Å²) < 4.78 is 62.4. The van der Waals surface area contributed by atoms with E-state index in [-0.39, 0.29) is 41.6 Å². The molecule has 0 spiro atoms. The summed E-state index contributed by atoms with van der Waals surface area (Å²) in [5.74, 6) is -0.374. The predicted molar refractivity (Wildman–Crippen MR) is 237 cm³/mol. The van der Waals surface area contributed by atoms with Gasteiger partial charge in [0.25, 0.3) is 0 Å². The molecule has 2 aromatic rings. The van der Waals surface area contributed by atoms with E-state index in [1.54, 1.807) is 0 Å². The number of aliphatic hydroxyl groups is 2. The number of hydrogen-bond acceptors (Lipinski definition) is 18. The Balaban J connectivity index is 1.34. The average Bonchev–Trinajstić information content (AvgIpc) is 3.78. The molecule has 372 valence electrons. The third-order valence-electron chi connectivity index (χ3n) is 10.4. The molecule has 8 unspecified atom stereocenters. The van der Waals surface area contributed by atoms with Gasteiger partial charge in [-0.15, -0.1) is 0 Å². The van der Waals surface area contributed by atoms with Crippen LogP contribution in [-0.4, -0.2) is 123 Å². The summed E-state index contributed by atoms with van der Waals surface area (Å²) in [4.78, 5) is 88.4. The van der Waals surface area contributed by atoms with Crippen molar-refractivity contribution in [3.63, 3.8) is 0 Å². The number of ether oxygens (including phenoxy) is 1. The lowest BCUT2D eigenvalue weighted by Crippen LogP contribution is -2.46. The molecule has 10 N–H and O–H groups in total. The van der Waals surface area contributed by atoms with Crippen LogP contribution in [0.25, 0.3) is 11.2 Å². The monoisotopic (exact) mass is 1010 g/mol. The Kier molecular flexibility index (Phi) is 23.6. The highest BCUT2D eigenvalue weighted by Crippen LogP contribution is 2.61. The van der Waals surface area contributed by atoms with Gasteiger partial charge in [-0.2, -0.15) is 4.31 Å². The summed E-state index contributed by atoms with van der Waals surface area (Å²) in [5.41, 5.74) is 4.29. The van der Waals surface area contributed by atoms with Gasteiger partial charge in [-0.25, -0.2) is 28.6 Å². The Labute approximate surface area is 382 Å². The topological polar surface area (TPSA) is 364 Å². The van der Waals surface area contributed by atoms with E-state index < -0.39 is 84.6 Å². The number of amides is 2. The van der Waals surface area contributed by atoms with Gasteiger partial charge in [0.15, 0.2) is 22.8 Å². The highest BCUT2D eigenvalue weighted by molar-refractivity contribution is 8.13. The fourth-order valence-corrected chi connectivity index (χ4v) is 10.3. The number of nitrogens with zero attached hydrogens (tertiary/aromatic N) is 4. The van der Waals surface area contributed by atoms with Gasteiger partial charge >= 0.3 is 23.5 Å². The molecule has 8 atom stereocenters. The number of carbonyl (C=O) groups excluding carboxylic acids is 3. The minimum atomic E-state index is -5.57. The minimum absolute atomic E-state index is 0.0335. The molecule has 0 radical (unpaired) electrons. The van der Waals surface area contributed by atoms with Gasteiger partial charge in [-0.3, -0.25) is 32.5 Å². The Morgan fingerprint density at radius 3 is 2.25 bits per heavy atom. The molecular weight excluding hydrogens is 939 g/mol. The standard InChI is InChI=1S/C37H66N7O17P3S/c1-5-6-7-8-9-10-11-14-25(2)15-12-13-16-28(46)65-20-19-39-27(45)17-18-40-35(49)32(48)37(3,4)22-58-64(55,56)61-63(53,54)57-21-26-31(60-62(50,51)52)30(47)36(59-26)44-24-43-29-33(38)41-23-42-34(29)44/h23-26,30-32,36,47-48H,5-22H2,1-4H3,(H,39,45)(H,40,49)(H,53,54)(H,55,56)(H2,38,41,42)(H2,50,51,52). The van der Waals surface area contributed by atoms with Crippen LogP contribution >= 0.6 is 35.2 Å². The second-order valence-electron chi connectivity index (χ2n) is 16.6. The van der Waals surface area contributed by atoms with E-state index in [0.29, 0.717) is 18.1 Å². The largest absolute Gasteiger partial charge is 0.481 e. The van der Waals surface area contributed by atoms with Gasteiger partial charge in [-0.05, 0) is 12.3 Å². The highest BCUT2D eigenvalue weighted by Gasteiger charge is 2.50. The van der Waals surface area contributed by atoms with Crippen LogP contribution in [0, 0.1) is 11.3 Å². The molecule has 3 rings (SSSR count). The number of aromatic nitrogens is 4. The molecule has 24 nitrogen and oxygen atoms in total. The predicted octanol–water partition coefficient (Wildman–Crippen LogP) is 4.00. The number of unbranched alkanes of at least 4 members (excludes halogenated alkanes) is 7. The van der Waals surface area contributed by atoms with Gasteiger partial charge in [0.1, 0.15) is 36.3 Å². The lowest BCUT2D eigenvalue weighted by molar-refractivity contribution is -0.137. The van der Waals surface area contributed by atoms with Crippen LogP contribution in [0.15, 0.2) is 12.7 Å². The lowest BCUT2D eigenvalue weighted by Gasteiger charge is -2.30. The zero-order valence-electron chi connectivity index (χ0n) is 37.1. The number of anilines is 1. The van der Waals surface area contributed by atoms with Crippen LogP contribution in [0.2, 0.25) is 0 Å². The van der Waals surface area contributed by atoms with Crippen LogP contribution in [0.1, 0.15) is 117 Å². The summed E-state index contributed by atoms with van der Waals surface area (Å²) in [6.45, 7) is 5.07. The van der Waals surface area contributed by atoms with E-state index in [0.717, 1.165) is 48.2 Å². The summed E-state index contributed by atoms with van der Waals surface area (Å²) in [6.07, 6.45) is 6.84. The number of phosphoric ester groups is 3. The number of nitrogen functional groups attached to an aromatic ring is 1. The summed E-state index contributed by atoms with van der Waals surface area (Å²) in [6, 6.07) is 0. The smallest absolute Gasteiger partial charge is 0.386 e. The summed E-state index contributed by atoms with van der Waals surface area (Å²) >= 11 is 1.15. The van der Waals surface area contributed by atoms with Gasteiger partial charge in [-0.1, -0.05) is 104 Å². The third kappa shape index (κ3) is 20.4. The van der Waals surface area contributed by atoms with Crippen molar-refractivity contribution in [3.8, 4) is 0 Å². The van der Waals surface area contributed by atoms with Crippen molar-refractivity contribution < 1.29 is 80.5 Å². The van der Waals surface area contributed by atoms with Crippen LogP contribution < -0.4 is 16.4 Å². The third-order valence-corrected chi connectivity index (χ3v) is 14.4. The number of fused-ring (bicyclic) bond motifs is 1. The molecule has 1 aliphatic rings. The van der Waals surface area contributed by atoms with Crippen LogP contribution in [-0.2, 0) is 50.7 Å². The number of aliphatic hydroxyl groups excluding tert-OH is 2. The average molecular weight is 1010 g/mol. The molecule has 28 heteroatoms. The molecule has 0 saturated carbocycles. The maximum absolute atomic E-state index is 12.7. The molecule has 65 heavy (non-hydrogen) atoms. The van der Waals surface area contributed by atoms with E-state index in [2.05, 4.69) is 48.3 Å². The van der Waals surface area contributed by atoms with Crippen LogP contribution in [0.4, 0.5) is 5.82 Å². The maximum Gasteiger partial charge on any atom is 0.481 e. The van der Waals surface area contributed by atoms with Crippen molar-refractivity contribution in [2.24, 2.45) is 11.3 Å². The number of nitrogens with one attached hydrogen (secondary N) is 2. The molecular formula is C37H66N7O17P3S. The zero-order valence-corrected chi connectivity index (χ0v) is 40.6. The number of thioether (sulfide) groups is 1. The normalized spacial score (nSPS) is 20.8. The first kappa shape index (κ1) is 56.9. The van der Waals surface area contributed by atoms with Crippen molar-refractivity contribution in [1.29, 1.82) is 0 Å². The van der Waals surface area contributed by atoms with Crippen molar-refractivity contribution in [1.82, 2.24) is 30.2 Å². The van der Waals surface area contributed by atoms with E-state index in [4.69, 9.17) is 19.5 Å². The fourth-order valence-electron chi connectivity index (χ4n) is 6.72. The molecule has 1 saturated heterocycles. The minimum Gasteiger partial charge on any atom is -0.386 e. The molecule has 2 aromatic heterocycles. The summed E-state index contributed by atoms with van der Waals surface area (Å²) in [5, 5.41) is 26.7. The van der Waals surface area contributed by atoms with Gasteiger partial charge < -0.3 is 50.9 Å². The van der Waals surface area contributed by atoms with Crippen molar-refractivity contribution in [3.05, 3.63) is 12.7 Å². The number of phosphoric acid groups is 3. The SMILES string of the molecule is CCCCCCCCCC(C)CCCCC(=O)SCCNC(=O)CCNC(=O)C(O)C(C)(C)COP(=O)(O)OP(=O)(O)OCC1OC(n2cnc3c(N)ncnc32)C(O)C1OP(=O)(O)O. The zero-order chi connectivity index (χ0) is 48.4. The Bertz CT molecular complexity index is 1980. The molecule has 0 bridgehead atoms. The fraction of sp³-hybridized carbons (Fsp3) is 0.784. The first-order valence-corrected chi connectivity index (χ1v) is 27.0. The lowest BCUT2D eigenvalue weighted by atomic mass is 9.87. The van der Waals surface area contributed by atoms with Crippen LogP contribution in [0.5, 0.6) is 0 Å². The second kappa shape index (κ2) is 26.9. The number of carbonyl (C=O) groups is 3. The molecule has 0 aromatic carbocycles. The van der Waals surface area contributed by atoms with Crippen molar-refractivity contribution >= 4 is 69.1 Å².